The third kappa shape index (κ3) is 3.17. The first-order valence-electron chi connectivity index (χ1n) is 4.83. The molecule has 0 saturated heterocycles. The van der Waals surface area contributed by atoms with Gasteiger partial charge in [-0.05, 0) is 34.1 Å². The minimum Gasteiger partial charge on any atom is -0.274 e. The maximum Gasteiger partial charge on any atom is 0.357 e. The van der Waals surface area contributed by atoms with Crippen molar-refractivity contribution in [2.45, 2.75) is 0 Å². The molecule has 6 nitrogen and oxygen atoms in total. The molecule has 0 aromatic heterocycles. The molecule has 0 amide bonds. The molecule has 1 heterocycles. The smallest absolute Gasteiger partial charge is 0.274 e. The zero-order valence-corrected chi connectivity index (χ0v) is 12.3. The molecular weight excluding hydrogens is 363 g/mol. The van der Waals surface area contributed by atoms with Gasteiger partial charge in [-0.2, -0.15) is 8.42 Å². The fourth-order valence-electron chi connectivity index (χ4n) is 1.23. The van der Waals surface area contributed by atoms with E-state index >= 15 is 0 Å². The van der Waals surface area contributed by atoms with Crippen LogP contribution < -0.4 is 10.1 Å². The lowest BCUT2D eigenvalue weighted by Crippen LogP contribution is -2.40. The Balaban J connectivity index is 2.31. The number of hydrazine groups is 1. The van der Waals surface area contributed by atoms with Crippen LogP contribution in [-0.4, -0.2) is 19.2 Å². The Morgan fingerprint density at radius 3 is 2.79 bits per heavy atom. The van der Waals surface area contributed by atoms with E-state index in [4.69, 9.17) is 11.6 Å². The lowest BCUT2D eigenvalue weighted by atomic mass is 10.3. The summed E-state index contributed by atoms with van der Waals surface area (Å²) in [6, 6.07) is 2.09. The molecule has 0 saturated carbocycles. The van der Waals surface area contributed by atoms with Crippen LogP contribution in [0.25, 0.3) is 0 Å². The van der Waals surface area contributed by atoms with E-state index in [2.05, 4.69) is 31.2 Å². The highest BCUT2D eigenvalue weighted by Gasteiger charge is 2.23. The second-order valence-corrected chi connectivity index (χ2v) is 6.11. The molecule has 0 fully saturated rings. The van der Waals surface area contributed by atoms with E-state index in [9.17, 15) is 12.8 Å². The van der Waals surface area contributed by atoms with E-state index in [0.717, 1.165) is 12.1 Å². The van der Waals surface area contributed by atoms with Crippen LogP contribution in [0.5, 0.6) is 0 Å². The normalized spacial score (nSPS) is 14.4. The summed E-state index contributed by atoms with van der Waals surface area (Å²) in [5, 5.41) is 3.52. The third-order valence-electron chi connectivity index (χ3n) is 2.00. The molecule has 0 unspecified atom stereocenters. The predicted molar refractivity (Wildman–Crippen MR) is 74.3 cm³/mol. The Kier molecular flexibility index (Phi) is 3.97. The van der Waals surface area contributed by atoms with Gasteiger partial charge in [0, 0.05) is 10.7 Å². The van der Waals surface area contributed by atoms with Crippen LogP contribution in [0.2, 0.25) is 5.02 Å². The monoisotopic (exact) mass is 368 g/mol. The van der Waals surface area contributed by atoms with E-state index in [-0.39, 0.29) is 15.2 Å². The van der Waals surface area contributed by atoms with Gasteiger partial charge in [0.25, 0.3) is 0 Å². The number of anilines is 1. The zero-order valence-electron chi connectivity index (χ0n) is 9.14. The molecular formula is C9H7BrClFN4O2S. The molecule has 10 heteroatoms. The van der Waals surface area contributed by atoms with Crippen LogP contribution in [0.15, 0.2) is 34.0 Å². The second-order valence-electron chi connectivity index (χ2n) is 3.35. The molecule has 2 rings (SSSR count). The van der Waals surface area contributed by atoms with Crippen molar-refractivity contribution in [1.29, 1.82) is 0 Å². The van der Waals surface area contributed by atoms with Crippen LogP contribution in [0.3, 0.4) is 0 Å². The number of hydrogen-bond donors (Lipinski definition) is 2. The molecule has 0 bridgehead atoms. The summed E-state index contributed by atoms with van der Waals surface area (Å²) in [4.78, 5) is 0. The summed E-state index contributed by atoms with van der Waals surface area (Å²) >= 11 is 8.82. The van der Waals surface area contributed by atoms with Crippen molar-refractivity contribution in [2.24, 2.45) is 5.10 Å². The van der Waals surface area contributed by atoms with E-state index in [1.165, 1.54) is 18.5 Å². The van der Waals surface area contributed by atoms with Gasteiger partial charge in [0.05, 0.1) is 16.9 Å². The van der Waals surface area contributed by atoms with E-state index in [0.29, 0.717) is 4.52 Å². The Morgan fingerprint density at radius 2 is 2.21 bits per heavy atom. The lowest BCUT2D eigenvalue weighted by Gasteiger charge is -2.21. The maximum absolute atomic E-state index is 13.0. The van der Waals surface area contributed by atoms with Gasteiger partial charge in [0.2, 0.25) is 0 Å². The van der Waals surface area contributed by atoms with E-state index in [1.54, 1.807) is 0 Å². The highest BCUT2D eigenvalue weighted by atomic mass is 79.9. The minimum atomic E-state index is -4.01. The first-order chi connectivity index (χ1) is 8.90. The average Bonchev–Trinajstić information content (AvgIpc) is 2.35. The number of hydrazone groups is 1. The van der Waals surface area contributed by atoms with Crippen LogP contribution >= 0.6 is 27.5 Å². The van der Waals surface area contributed by atoms with Crippen molar-refractivity contribution < 1.29 is 12.8 Å². The Bertz CT molecular complexity index is 641. The first-order valence-corrected chi connectivity index (χ1v) is 7.44. The fraction of sp³-hybridized carbons (Fsp3) is 0. The van der Waals surface area contributed by atoms with Gasteiger partial charge in [0.15, 0.2) is 0 Å². The first kappa shape index (κ1) is 14.1. The summed E-state index contributed by atoms with van der Waals surface area (Å²) < 4.78 is 40.0. The molecule has 0 spiro atoms. The number of allylic oxidation sites excluding steroid dienone is 1. The molecule has 102 valence electrons. The minimum absolute atomic E-state index is 0.0228. The van der Waals surface area contributed by atoms with Gasteiger partial charge >= 0.3 is 10.2 Å². The molecule has 0 aliphatic carbocycles. The number of halogens is 3. The topological polar surface area (TPSA) is 73.8 Å². The summed E-state index contributed by atoms with van der Waals surface area (Å²) in [7, 11) is -4.01. The van der Waals surface area contributed by atoms with Crippen molar-refractivity contribution in [1.82, 2.24) is 9.95 Å². The Hall–Kier alpha value is -1.32. The molecule has 19 heavy (non-hydrogen) atoms. The van der Waals surface area contributed by atoms with Crippen LogP contribution in [0.4, 0.5) is 10.1 Å². The SMILES string of the molecule is O=S(=O)(Nc1c(Cl)cc(F)cc1Br)N1N=CC=CN1. The second kappa shape index (κ2) is 5.35. The lowest BCUT2D eigenvalue weighted by molar-refractivity contribution is 0.380. The number of rotatable bonds is 3. The van der Waals surface area contributed by atoms with Gasteiger partial charge in [-0.1, -0.05) is 16.1 Å². The Morgan fingerprint density at radius 1 is 1.47 bits per heavy atom. The molecule has 2 N–H and O–H groups in total. The average molecular weight is 370 g/mol. The highest BCUT2D eigenvalue weighted by Crippen LogP contribution is 2.32. The van der Waals surface area contributed by atoms with E-state index in [1.807, 2.05) is 0 Å². The summed E-state index contributed by atoms with van der Waals surface area (Å²) in [5.41, 5.74) is 2.42. The van der Waals surface area contributed by atoms with Crippen molar-refractivity contribution >= 4 is 49.6 Å². The number of nitrogens with zero attached hydrogens (tertiary/aromatic N) is 2. The van der Waals surface area contributed by atoms with E-state index < -0.39 is 16.0 Å². The van der Waals surface area contributed by atoms with Crippen molar-refractivity contribution in [3.8, 4) is 0 Å². The van der Waals surface area contributed by atoms with Gasteiger partial charge < -0.3 is 0 Å². The number of benzene rings is 1. The van der Waals surface area contributed by atoms with Crippen molar-refractivity contribution in [3.05, 3.63) is 39.7 Å². The van der Waals surface area contributed by atoms with Crippen LogP contribution in [-0.2, 0) is 10.2 Å². The molecule has 0 radical (unpaired) electrons. The Labute approximate surface area is 122 Å². The summed E-state index contributed by atoms with van der Waals surface area (Å²) in [6.45, 7) is 0. The van der Waals surface area contributed by atoms with Gasteiger partial charge in [0.1, 0.15) is 5.82 Å². The third-order valence-corrected chi connectivity index (χ3v) is 4.05. The fourth-order valence-corrected chi connectivity index (χ4v) is 3.25. The molecule has 1 aromatic carbocycles. The molecule has 1 aliphatic heterocycles. The largest absolute Gasteiger partial charge is 0.357 e. The number of nitrogens with one attached hydrogen (secondary N) is 2. The quantitative estimate of drug-likeness (QED) is 0.858. The molecule has 1 aliphatic rings. The summed E-state index contributed by atoms with van der Waals surface area (Å²) in [5.74, 6) is -0.586. The predicted octanol–water partition coefficient (Wildman–Crippen LogP) is 2.22. The zero-order chi connectivity index (χ0) is 14.0. The van der Waals surface area contributed by atoms with Crippen LogP contribution in [0.1, 0.15) is 0 Å². The number of hydrogen-bond acceptors (Lipinski definition) is 4. The van der Waals surface area contributed by atoms with Gasteiger partial charge in [-0.25, -0.2) is 4.39 Å². The molecule has 1 aromatic rings. The van der Waals surface area contributed by atoms with Crippen molar-refractivity contribution in [2.75, 3.05) is 4.72 Å². The maximum atomic E-state index is 13.0. The van der Waals surface area contributed by atoms with Gasteiger partial charge in [-0.3, -0.25) is 10.1 Å². The standard InChI is InChI=1S/C9H7BrClFN4O2S/c10-7-4-6(12)5-8(11)9(7)15-19(17,18)16-13-2-1-3-14-16/h1-5,13,15H. The van der Waals surface area contributed by atoms with Crippen LogP contribution in [0, 0.1) is 5.82 Å². The molecule has 0 atom stereocenters. The summed E-state index contributed by atoms with van der Waals surface area (Å²) in [6.07, 6.45) is 4.19. The highest BCUT2D eigenvalue weighted by molar-refractivity contribution is 9.10. The van der Waals surface area contributed by atoms with Gasteiger partial charge in [-0.15, -0.1) is 5.10 Å². The van der Waals surface area contributed by atoms with Crippen molar-refractivity contribution in [3.63, 3.8) is 0 Å².